The lowest BCUT2D eigenvalue weighted by Crippen LogP contribution is -2.16. The maximum Gasteiger partial charge on any atom is 0.223 e. The van der Waals surface area contributed by atoms with Crippen LogP contribution in [-0.2, 0) is 9.30 Å². The average Bonchev–Trinajstić information content (AvgIpc) is 2.36. The standard InChI is InChI=1S/C14H26N3O3P/c1-10(2)21(18,11(3)4)9-19-6-7-20-13-8-12(5)16-14(15)17-13/h8,10-11H,6-7,9H2,1-5H3,(H2,15,16,17). The third-order valence-electron chi connectivity index (χ3n) is 3.37. The first kappa shape index (κ1) is 17.9. The summed E-state index contributed by atoms with van der Waals surface area (Å²) in [5.74, 6) is 0.620. The van der Waals surface area contributed by atoms with Gasteiger partial charge < -0.3 is 19.8 Å². The predicted molar refractivity (Wildman–Crippen MR) is 85.4 cm³/mol. The van der Waals surface area contributed by atoms with Crippen LogP contribution in [0.15, 0.2) is 6.07 Å². The topological polar surface area (TPSA) is 87.3 Å². The summed E-state index contributed by atoms with van der Waals surface area (Å²) >= 11 is 0. The van der Waals surface area contributed by atoms with Crippen LogP contribution in [-0.4, -0.2) is 40.8 Å². The molecule has 0 saturated heterocycles. The van der Waals surface area contributed by atoms with Gasteiger partial charge in [-0.1, -0.05) is 27.7 Å². The molecule has 0 atom stereocenters. The number of aryl methyl sites for hydroxylation is 1. The molecule has 0 aliphatic heterocycles. The molecule has 0 amide bonds. The Bertz CT molecular complexity index is 474. The molecule has 0 spiro atoms. The average molecular weight is 315 g/mol. The molecule has 1 rings (SSSR count). The molecule has 0 fully saturated rings. The molecule has 0 bridgehead atoms. The second-order valence-electron chi connectivity index (χ2n) is 5.63. The summed E-state index contributed by atoms with van der Waals surface area (Å²) in [5.41, 5.74) is 6.55. The molecule has 0 saturated carbocycles. The third kappa shape index (κ3) is 5.29. The van der Waals surface area contributed by atoms with Gasteiger partial charge in [0.15, 0.2) is 0 Å². The van der Waals surface area contributed by atoms with E-state index in [2.05, 4.69) is 9.97 Å². The molecule has 1 heterocycles. The summed E-state index contributed by atoms with van der Waals surface area (Å²) in [6.07, 6.45) is 0.288. The molecule has 2 N–H and O–H groups in total. The van der Waals surface area contributed by atoms with Gasteiger partial charge in [-0.25, -0.2) is 4.98 Å². The van der Waals surface area contributed by atoms with E-state index in [1.807, 2.05) is 34.6 Å². The molecular formula is C14H26N3O3P. The Labute approximate surface area is 126 Å². The van der Waals surface area contributed by atoms with Gasteiger partial charge in [0.2, 0.25) is 11.8 Å². The van der Waals surface area contributed by atoms with Gasteiger partial charge >= 0.3 is 0 Å². The largest absolute Gasteiger partial charge is 0.475 e. The minimum absolute atomic E-state index is 0.128. The fraction of sp³-hybridized carbons (Fsp3) is 0.714. The predicted octanol–water partition coefficient (Wildman–Crippen LogP) is 2.90. The minimum atomic E-state index is -2.31. The van der Waals surface area contributed by atoms with E-state index in [-0.39, 0.29) is 23.6 Å². The van der Waals surface area contributed by atoms with Gasteiger partial charge in [-0.05, 0) is 6.92 Å². The number of rotatable bonds is 8. The van der Waals surface area contributed by atoms with Crippen molar-refractivity contribution in [2.45, 2.75) is 45.9 Å². The summed E-state index contributed by atoms with van der Waals surface area (Å²) in [6.45, 7) is 10.4. The zero-order valence-corrected chi connectivity index (χ0v) is 14.4. The number of nitrogen functional groups attached to an aromatic ring is 1. The highest BCUT2D eigenvalue weighted by Crippen LogP contribution is 2.54. The van der Waals surface area contributed by atoms with Crippen molar-refractivity contribution in [1.29, 1.82) is 0 Å². The van der Waals surface area contributed by atoms with Crippen molar-refractivity contribution in [3.05, 3.63) is 11.8 Å². The summed E-state index contributed by atoms with van der Waals surface area (Å²) in [4.78, 5) is 7.94. The fourth-order valence-electron chi connectivity index (χ4n) is 1.94. The minimum Gasteiger partial charge on any atom is -0.475 e. The first-order chi connectivity index (χ1) is 9.75. The van der Waals surface area contributed by atoms with Crippen molar-refractivity contribution in [1.82, 2.24) is 9.97 Å². The Morgan fingerprint density at radius 3 is 2.33 bits per heavy atom. The summed E-state index contributed by atoms with van der Waals surface area (Å²) in [6, 6.07) is 1.71. The lowest BCUT2D eigenvalue weighted by molar-refractivity contribution is 0.128. The maximum absolute atomic E-state index is 12.7. The maximum atomic E-state index is 12.7. The molecule has 0 aromatic carbocycles. The van der Waals surface area contributed by atoms with Crippen LogP contribution in [0.5, 0.6) is 5.88 Å². The molecular weight excluding hydrogens is 289 g/mol. The smallest absolute Gasteiger partial charge is 0.223 e. The second kappa shape index (κ2) is 7.76. The number of nitrogens with zero attached hydrogens (tertiary/aromatic N) is 2. The van der Waals surface area contributed by atoms with Crippen LogP contribution in [0.25, 0.3) is 0 Å². The summed E-state index contributed by atoms with van der Waals surface area (Å²) < 4.78 is 23.7. The van der Waals surface area contributed by atoms with E-state index < -0.39 is 7.14 Å². The van der Waals surface area contributed by atoms with E-state index in [4.69, 9.17) is 15.2 Å². The first-order valence-electron chi connectivity index (χ1n) is 7.16. The molecule has 0 aliphatic rings. The molecule has 1 aromatic rings. The quantitative estimate of drug-likeness (QED) is 0.586. The van der Waals surface area contributed by atoms with Crippen molar-refractivity contribution in [2.75, 3.05) is 25.3 Å². The Kier molecular flexibility index (Phi) is 6.62. The van der Waals surface area contributed by atoms with Gasteiger partial charge in [0.25, 0.3) is 0 Å². The normalized spacial score (nSPS) is 12.1. The molecule has 120 valence electrons. The molecule has 1 aromatic heterocycles. The highest BCUT2D eigenvalue weighted by molar-refractivity contribution is 7.65. The van der Waals surface area contributed by atoms with Crippen molar-refractivity contribution >= 4 is 13.1 Å². The van der Waals surface area contributed by atoms with Crippen molar-refractivity contribution in [2.24, 2.45) is 0 Å². The van der Waals surface area contributed by atoms with Crippen LogP contribution in [0.1, 0.15) is 33.4 Å². The van der Waals surface area contributed by atoms with Gasteiger partial charge in [-0.15, -0.1) is 0 Å². The van der Waals surface area contributed by atoms with E-state index in [0.717, 1.165) is 5.69 Å². The lowest BCUT2D eigenvalue weighted by Gasteiger charge is -2.25. The zero-order valence-electron chi connectivity index (χ0n) is 13.5. The van der Waals surface area contributed by atoms with Crippen LogP contribution < -0.4 is 10.5 Å². The third-order valence-corrected chi connectivity index (χ3v) is 7.45. The van der Waals surface area contributed by atoms with Crippen molar-refractivity contribution < 1.29 is 14.0 Å². The molecule has 0 radical (unpaired) electrons. The molecule has 21 heavy (non-hydrogen) atoms. The number of anilines is 1. The van der Waals surface area contributed by atoms with Gasteiger partial charge in [-0.2, -0.15) is 4.98 Å². The number of hydrogen-bond acceptors (Lipinski definition) is 6. The zero-order chi connectivity index (χ0) is 16.0. The van der Waals surface area contributed by atoms with Gasteiger partial charge in [0.1, 0.15) is 20.1 Å². The van der Waals surface area contributed by atoms with E-state index in [1.54, 1.807) is 6.07 Å². The molecule has 0 aliphatic carbocycles. The van der Waals surface area contributed by atoms with Gasteiger partial charge in [-0.3, -0.25) is 0 Å². The number of nitrogens with two attached hydrogens (primary N) is 1. The highest BCUT2D eigenvalue weighted by Gasteiger charge is 2.30. The Morgan fingerprint density at radius 1 is 1.19 bits per heavy atom. The van der Waals surface area contributed by atoms with Crippen molar-refractivity contribution in [3.63, 3.8) is 0 Å². The van der Waals surface area contributed by atoms with Crippen LogP contribution in [0, 0.1) is 6.92 Å². The summed E-state index contributed by atoms with van der Waals surface area (Å²) in [5, 5.41) is 0. The van der Waals surface area contributed by atoms with Gasteiger partial charge in [0, 0.05) is 23.1 Å². The Balaban J connectivity index is 2.39. The first-order valence-corrected chi connectivity index (χ1v) is 9.19. The molecule has 0 unspecified atom stereocenters. The monoisotopic (exact) mass is 315 g/mol. The number of aromatic nitrogens is 2. The van der Waals surface area contributed by atoms with E-state index in [0.29, 0.717) is 19.1 Å². The fourth-order valence-corrected chi connectivity index (χ4v) is 4.15. The highest BCUT2D eigenvalue weighted by atomic mass is 31.2. The van der Waals surface area contributed by atoms with Gasteiger partial charge in [0.05, 0.1) is 6.61 Å². The van der Waals surface area contributed by atoms with Crippen LogP contribution in [0.3, 0.4) is 0 Å². The van der Waals surface area contributed by atoms with E-state index in [9.17, 15) is 4.57 Å². The van der Waals surface area contributed by atoms with E-state index >= 15 is 0 Å². The Morgan fingerprint density at radius 2 is 1.81 bits per heavy atom. The van der Waals surface area contributed by atoms with Crippen LogP contribution in [0.2, 0.25) is 0 Å². The van der Waals surface area contributed by atoms with E-state index in [1.165, 1.54) is 0 Å². The number of ether oxygens (including phenoxy) is 2. The van der Waals surface area contributed by atoms with Crippen LogP contribution in [0.4, 0.5) is 5.95 Å². The SMILES string of the molecule is Cc1cc(OCCOCP(=O)(C(C)C)C(C)C)nc(N)n1. The molecule has 6 nitrogen and oxygen atoms in total. The Hall–Kier alpha value is -1.13. The summed E-state index contributed by atoms with van der Waals surface area (Å²) in [7, 11) is -2.31. The van der Waals surface area contributed by atoms with Crippen molar-refractivity contribution in [3.8, 4) is 5.88 Å². The second-order valence-corrected chi connectivity index (χ2v) is 9.67. The molecule has 7 heteroatoms. The number of hydrogen-bond donors (Lipinski definition) is 1. The lowest BCUT2D eigenvalue weighted by atomic mass is 10.4. The van der Waals surface area contributed by atoms with Crippen LogP contribution >= 0.6 is 7.14 Å².